The molecule has 4 rings (SSSR count). The van der Waals surface area contributed by atoms with Gasteiger partial charge in [0.2, 0.25) is 10.0 Å². The van der Waals surface area contributed by atoms with Gasteiger partial charge in [-0.2, -0.15) is 4.31 Å². The second kappa shape index (κ2) is 9.27. The number of sulfonamides is 1. The van der Waals surface area contributed by atoms with Crippen LogP contribution < -0.4 is 14.8 Å². The lowest BCUT2D eigenvalue weighted by Gasteiger charge is -2.31. The molecule has 0 bridgehead atoms. The average molecular weight is 480 g/mol. The van der Waals surface area contributed by atoms with Crippen molar-refractivity contribution in [3.8, 4) is 11.5 Å². The SMILES string of the molecule is C[C@H](NC(=O)c1cc(S(=O)(=O)N2CCN(C)CC2)ccc1Cl)c1ccc2c(c1)OCCO2. The molecule has 1 saturated heterocycles. The van der Waals surface area contributed by atoms with Gasteiger partial charge in [0.1, 0.15) is 13.2 Å². The van der Waals surface area contributed by atoms with Crippen molar-refractivity contribution in [3.63, 3.8) is 0 Å². The van der Waals surface area contributed by atoms with Gasteiger partial charge >= 0.3 is 0 Å². The standard InChI is InChI=1S/C22H26ClN3O5S/c1-15(16-3-6-20-21(13-16)31-12-11-30-20)24-22(27)18-14-17(4-5-19(18)23)32(28,29)26-9-7-25(2)8-10-26/h3-6,13-15H,7-12H2,1-2H3,(H,24,27)/t15-/m0/s1. The number of rotatable bonds is 5. The summed E-state index contributed by atoms with van der Waals surface area (Å²) >= 11 is 6.26. The van der Waals surface area contributed by atoms with Crippen molar-refractivity contribution in [2.45, 2.75) is 17.9 Å². The fourth-order valence-electron chi connectivity index (χ4n) is 3.70. The van der Waals surface area contributed by atoms with Gasteiger partial charge in [-0.1, -0.05) is 17.7 Å². The number of amides is 1. The summed E-state index contributed by atoms with van der Waals surface area (Å²) in [5.41, 5.74) is 0.950. The number of benzene rings is 2. The van der Waals surface area contributed by atoms with Crippen molar-refractivity contribution in [1.82, 2.24) is 14.5 Å². The number of carbonyl (C=O) groups excluding carboxylic acids is 1. The Labute approximate surface area is 193 Å². The third-order valence-corrected chi connectivity index (χ3v) is 7.92. The molecule has 1 atom stereocenters. The molecule has 10 heteroatoms. The number of fused-ring (bicyclic) bond motifs is 1. The highest BCUT2D eigenvalue weighted by molar-refractivity contribution is 7.89. The molecular formula is C22H26ClN3O5S. The van der Waals surface area contributed by atoms with E-state index in [1.807, 2.05) is 32.2 Å². The largest absolute Gasteiger partial charge is 0.486 e. The maximum Gasteiger partial charge on any atom is 0.253 e. The van der Waals surface area contributed by atoms with Crippen LogP contribution in [0, 0.1) is 0 Å². The molecule has 0 spiro atoms. The number of halogens is 1. The van der Waals surface area contributed by atoms with Gasteiger partial charge < -0.3 is 19.7 Å². The number of hydrogen-bond donors (Lipinski definition) is 1. The summed E-state index contributed by atoms with van der Waals surface area (Å²) < 4.78 is 38.7. The number of ether oxygens (including phenoxy) is 2. The predicted octanol–water partition coefficient (Wildman–Crippen LogP) is 2.54. The Bertz CT molecular complexity index is 1120. The molecule has 0 saturated carbocycles. The summed E-state index contributed by atoms with van der Waals surface area (Å²) in [6.07, 6.45) is 0. The Balaban J connectivity index is 1.52. The monoisotopic (exact) mass is 479 g/mol. The van der Waals surface area contributed by atoms with Crippen LogP contribution in [0.5, 0.6) is 11.5 Å². The minimum Gasteiger partial charge on any atom is -0.486 e. The molecule has 0 radical (unpaired) electrons. The van der Waals surface area contributed by atoms with Crippen LogP contribution in [0.15, 0.2) is 41.3 Å². The first-order valence-electron chi connectivity index (χ1n) is 10.4. The number of nitrogens with one attached hydrogen (secondary N) is 1. The number of likely N-dealkylation sites (N-methyl/N-ethyl adjacent to an activating group) is 1. The molecule has 32 heavy (non-hydrogen) atoms. The van der Waals surface area contributed by atoms with Crippen LogP contribution in [0.4, 0.5) is 0 Å². The summed E-state index contributed by atoms with van der Waals surface area (Å²) in [6.45, 7) is 4.95. The topological polar surface area (TPSA) is 88.2 Å². The van der Waals surface area contributed by atoms with E-state index in [4.69, 9.17) is 21.1 Å². The van der Waals surface area contributed by atoms with Gasteiger partial charge in [-0.25, -0.2) is 8.42 Å². The number of piperazine rings is 1. The van der Waals surface area contributed by atoms with Crippen LogP contribution in [0.25, 0.3) is 0 Å². The molecule has 2 aliphatic rings. The molecule has 8 nitrogen and oxygen atoms in total. The molecule has 0 unspecified atom stereocenters. The third-order valence-electron chi connectivity index (χ3n) is 5.70. The van der Waals surface area contributed by atoms with Crippen molar-refractivity contribution >= 4 is 27.5 Å². The summed E-state index contributed by atoms with van der Waals surface area (Å²) in [5.74, 6) is 0.851. The van der Waals surface area contributed by atoms with Crippen LogP contribution in [-0.2, 0) is 10.0 Å². The Morgan fingerprint density at radius 1 is 1.03 bits per heavy atom. The van der Waals surface area contributed by atoms with E-state index >= 15 is 0 Å². The lowest BCUT2D eigenvalue weighted by molar-refractivity contribution is 0.0939. The molecule has 172 valence electrons. The van der Waals surface area contributed by atoms with Gasteiger partial charge in [0.15, 0.2) is 11.5 Å². The molecule has 1 fully saturated rings. The average Bonchev–Trinajstić information content (AvgIpc) is 2.79. The Morgan fingerprint density at radius 2 is 1.72 bits per heavy atom. The fourth-order valence-corrected chi connectivity index (χ4v) is 5.36. The molecule has 2 aromatic rings. The molecule has 2 heterocycles. The van der Waals surface area contributed by atoms with E-state index in [9.17, 15) is 13.2 Å². The van der Waals surface area contributed by atoms with Crippen molar-refractivity contribution in [2.75, 3.05) is 46.4 Å². The number of nitrogens with zero attached hydrogens (tertiary/aromatic N) is 2. The van der Waals surface area contributed by atoms with Gasteiger partial charge in [-0.15, -0.1) is 0 Å². The zero-order chi connectivity index (χ0) is 22.9. The van der Waals surface area contributed by atoms with Crippen molar-refractivity contribution in [2.24, 2.45) is 0 Å². The first kappa shape index (κ1) is 22.8. The Hall–Kier alpha value is -2.33. The smallest absolute Gasteiger partial charge is 0.253 e. The molecule has 1 N–H and O–H groups in total. The van der Waals surface area contributed by atoms with E-state index in [1.165, 1.54) is 22.5 Å². The highest BCUT2D eigenvalue weighted by Crippen LogP contribution is 2.33. The van der Waals surface area contributed by atoms with E-state index in [-0.39, 0.29) is 21.5 Å². The normalized spacial score (nSPS) is 18.2. The zero-order valence-corrected chi connectivity index (χ0v) is 19.6. The van der Waals surface area contributed by atoms with Gasteiger partial charge in [0.25, 0.3) is 5.91 Å². The second-order valence-electron chi connectivity index (χ2n) is 7.95. The van der Waals surface area contributed by atoms with Crippen molar-refractivity contribution in [3.05, 3.63) is 52.5 Å². The maximum absolute atomic E-state index is 13.1. The van der Waals surface area contributed by atoms with Gasteiger partial charge in [0, 0.05) is 26.2 Å². The fraction of sp³-hybridized carbons (Fsp3) is 0.409. The van der Waals surface area contributed by atoms with E-state index in [0.717, 1.165) is 5.56 Å². The van der Waals surface area contributed by atoms with E-state index < -0.39 is 15.9 Å². The molecule has 0 aliphatic carbocycles. The Kier molecular flexibility index (Phi) is 6.62. The molecular weight excluding hydrogens is 454 g/mol. The second-order valence-corrected chi connectivity index (χ2v) is 10.3. The van der Waals surface area contributed by atoms with E-state index in [1.54, 1.807) is 0 Å². The van der Waals surface area contributed by atoms with E-state index in [2.05, 4.69) is 10.2 Å². The first-order valence-corrected chi connectivity index (χ1v) is 12.3. The minimum absolute atomic E-state index is 0.0589. The molecule has 0 aromatic heterocycles. The summed E-state index contributed by atoms with van der Waals surface area (Å²) in [7, 11) is -1.76. The summed E-state index contributed by atoms with van der Waals surface area (Å²) in [6, 6.07) is 9.38. The van der Waals surface area contributed by atoms with Crippen molar-refractivity contribution < 1.29 is 22.7 Å². The van der Waals surface area contributed by atoms with Gasteiger partial charge in [0.05, 0.1) is 21.5 Å². The van der Waals surface area contributed by atoms with Crippen LogP contribution >= 0.6 is 11.6 Å². The number of carbonyl (C=O) groups is 1. The molecule has 1 amide bonds. The zero-order valence-electron chi connectivity index (χ0n) is 18.0. The third kappa shape index (κ3) is 4.71. The lowest BCUT2D eigenvalue weighted by Crippen LogP contribution is -2.47. The van der Waals surface area contributed by atoms with Gasteiger partial charge in [-0.05, 0) is 49.9 Å². The van der Waals surface area contributed by atoms with Crippen LogP contribution in [-0.4, -0.2) is 70.0 Å². The molecule has 2 aliphatic heterocycles. The van der Waals surface area contributed by atoms with Gasteiger partial charge in [-0.3, -0.25) is 4.79 Å². The predicted molar refractivity (Wildman–Crippen MR) is 121 cm³/mol. The highest BCUT2D eigenvalue weighted by Gasteiger charge is 2.29. The highest BCUT2D eigenvalue weighted by atomic mass is 35.5. The summed E-state index contributed by atoms with van der Waals surface area (Å²) in [5, 5.41) is 3.08. The summed E-state index contributed by atoms with van der Waals surface area (Å²) in [4.78, 5) is 15.1. The molecule has 2 aromatic carbocycles. The maximum atomic E-state index is 13.1. The van der Waals surface area contributed by atoms with Crippen LogP contribution in [0.2, 0.25) is 5.02 Å². The quantitative estimate of drug-likeness (QED) is 0.709. The van der Waals surface area contributed by atoms with Crippen LogP contribution in [0.3, 0.4) is 0 Å². The number of hydrogen-bond acceptors (Lipinski definition) is 6. The Morgan fingerprint density at radius 3 is 2.44 bits per heavy atom. The lowest BCUT2D eigenvalue weighted by atomic mass is 10.1. The van der Waals surface area contributed by atoms with Crippen LogP contribution in [0.1, 0.15) is 28.9 Å². The van der Waals surface area contributed by atoms with E-state index in [0.29, 0.717) is 50.9 Å². The minimum atomic E-state index is -3.71. The first-order chi connectivity index (χ1) is 15.3. The van der Waals surface area contributed by atoms with Crippen molar-refractivity contribution in [1.29, 1.82) is 0 Å².